The van der Waals surface area contributed by atoms with Gasteiger partial charge in [-0.05, 0) is 24.3 Å². The molecule has 1 unspecified atom stereocenters. The summed E-state index contributed by atoms with van der Waals surface area (Å²) < 4.78 is 26.5. The highest BCUT2D eigenvalue weighted by Gasteiger charge is 2.33. The van der Waals surface area contributed by atoms with Gasteiger partial charge in [-0.3, -0.25) is 4.79 Å². The lowest BCUT2D eigenvalue weighted by Crippen LogP contribution is -2.23. The maximum atomic E-state index is 13.6. The summed E-state index contributed by atoms with van der Waals surface area (Å²) in [5.74, 6) is -1.65. The molecule has 2 aromatic carbocycles. The first-order chi connectivity index (χ1) is 9.97. The molecule has 0 radical (unpaired) electrons. The number of anilines is 1. The largest absolute Gasteiger partial charge is 0.378 e. The molecule has 1 aliphatic rings. The predicted octanol–water partition coefficient (Wildman–Crippen LogP) is 3.13. The molecule has 0 saturated heterocycles. The van der Waals surface area contributed by atoms with Gasteiger partial charge in [0.25, 0.3) is 5.91 Å². The highest BCUT2D eigenvalue weighted by atomic mass is 32.2. The van der Waals surface area contributed by atoms with Crippen LogP contribution in [0.1, 0.15) is 11.7 Å². The van der Waals surface area contributed by atoms with Crippen LogP contribution in [0.2, 0.25) is 0 Å². The average Bonchev–Trinajstić information content (AvgIpc) is 2.67. The molecule has 108 valence electrons. The van der Waals surface area contributed by atoms with Gasteiger partial charge >= 0.3 is 0 Å². The number of carbonyl (C=O) groups excluding carboxylic acids is 1. The van der Waals surface area contributed by atoms with Gasteiger partial charge in [0.1, 0.15) is 11.6 Å². The molecule has 0 spiro atoms. The van der Waals surface area contributed by atoms with Crippen LogP contribution in [0.3, 0.4) is 0 Å². The van der Waals surface area contributed by atoms with Gasteiger partial charge in [-0.2, -0.15) is 0 Å². The van der Waals surface area contributed by atoms with Gasteiger partial charge in [0.05, 0.1) is 5.69 Å². The molecule has 1 aliphatic heterocycles. The topological polar surface area (TPSA) is 40.5 Å². The van der Waals surface area contributed by atoms with Crippen LogP contribution in [0.25, 0.3) is 0 Å². The van der Waals surface area contributed by atoms with Crippen LogP contribution in [0.5, 0.6) is 0 Å². The Kier molecular flexibility index (Phi) is 3.43. The van der Waals surface area contributed by atoms with Crippen LogP contribution >= 0.6 is 11.8 Å². The van der Waals surface area contributed by atoms with E-state index in [0.717, 1.165) is 17.8 Å². The van der Waals surface area contributed by atoms with Gasteiger partial charge in [0.15, 0.2) is 6.10 Å². The van der Waals surface area contributed by atoms with Crippen molar-refractivity contribution in [1.82, 2.24) is 0 Å². The smallest absolute Gasteiger partial charge is 0.260 e. The maximum Gasteiger partial charge on any atom is 0.260 e. The van der Waals surface area contributed by atoms with Crippen molar-refractivity contribution >= 4 is 23.4 Å². The number of hydrogen-bond donors (Lipinski definition) is 1. The molecule has 1 heterocycles. The summed E-state index contributed by atoms with van der Waals surface area (Å²) in [5.41, 5.74) is 1.13. The number of fused-ring (bicyclic) bond motifs is 1. The van der Waals surface area contributed by atoms with Crippen LogP contribution in [0.4, 0.5) is 14.5 Å². The van der Waals surface area contributed by atoms with Crippen molar-refractivity contribution in [3.8, 4) is 0 Å². The molecule has 2 aromatic rings. The number of rotatable bonds is 2. The van der Waals surface area contributed by atoms with Crippen molar-refractivity contribution in [2.24, 2.45) is 0 Å². The summed E-state index contributed by atoms with van der Waals surface area (Å²) in [6.45, 7) is 0. The number of amides is 1. The van der Waals surface area contributed by atoms with Gasteiger partial charge in [-0.25, -0.2) is 8.78 Å². The summed E-state index contributed by atoms with van der Waals surface area (Å²) in [7, 11) is 1.57. The van der Waals surface area contributed by atoms with Crippen molar-refractivity contribution in [1.29, 1.82) is 0 Å². The Balaban J connectivity index is 1.94. The first-order valence-electron chi connectivity index (χ1n) is 6.20. The van der Waals surface area contributed by atoms with Crippen molar-refractivity contribution in [3.63, 3.8) is 0 Å². The Morgan fingerprint density at radius 2 is 1.95 bits per heavy atom. The standard InChI is InChI=1S/C15H11F2NO2S/c1-18-12-7-9(3-4-10(12)14(19)15(18)20)21-13-5-2-8(16)6-11(13)17/h2-7,14,19H,1H3. The SMILES string of the molecule is CN1C(=O)C(O)c2ccc(Sc3ccc(F)cc3F)cc21. The fraction of sp³-hybridized carbons (Fsp3) is 0.133. The number of halogens is 2. The van der Waals surface area contributed by atoms with Crippen LogP contribution in [-0.4, -0.2) is 18.1 Å². The van der Waals surface area contributed by atoms with E-state index in [1.165, 1.54) is 17.0 Å². The van der Waals surface area contributed by atoms with E-state index in [9.17, 15) is 18.7 Å². The van der Waals surface area contributed by atoms with Crippen LogP contribution in [0, 0.1) is 11.6 Å². The lowest BCUT2D eigenvalue weighted by Gasteiger charge is -2.11. The number of nitrogens with zero attached hydrogens (tertiary/aromatic N) is 1. The zero-order valence-electron chi connectivity index (χ0n) is 11.0. The fourth-order valence-corrected chi connectivity index (χ4v) is 3.08. The van der Waals surface area contributed by atoms with Crippen LogP contribution < -0.4 is 4.90 Å². The zero-order chi connectivity index (χ0) is 15.1. The minimum atomic E-state index is -1.15. The summed E-state index contributed by atoms with van der Waals surface area (Å²) >= 11 is 1.13. The summed E-state index contributed by atoms with van der Waals surface area (Å²) in [6, 6.07) is 8.43. The lowest BCUT2D eigenvalue weighted by atomic mass is 10.1. The summed E-state index contributed by atoms with van der Waals surface area (Å²) in [5, 5.41) is 9.78. The third kappa shape index (κ3) is 2.41. The number of aliphatic hydroxyl groups is 1. The third-order valence-corrected chi connectivity index (χ3v) is 4.38. The minimum absolute atomic E-state index is 0.295. The molecule has 21 heavy (non-hydrogen) atoms. The molecular weight excluding hydrogens is 296 g/mol. The number of aliphatic hydroxyl groups excluding tert-OH is 1. The lowest BCUT2D eigenvalue weighted by molar-refractivity contribution is -0.125. The Morgan fingerprint density at radius 1 is 1.19 bits per heavy atom. The first kappa shape index (κ1) is 14.0. The van der Waals surface area contributed by atoms with Gasteiger partial charge in [-0.1, -0.05) is 17.8 Å². The van der Waals surface area contributed by atoms with Crippen LogP contribution in [0.15, 0.2) is 46.2 Å². The van der Waals surface area contributed by atoms with Crippen molar-refractivity contribution in [2.75, 3.05) is 11.9 Å². The van der Waals surface area contributed by atoms with E-state index in [1.807, 2.05) is 0 Å². The first-order valence-corrected chi connectivity index (χ1v) is 7.01. The molecule has 6 heteroatoms. The van der Waals surface area contributed by atoms with Crippen molar-refractivity contribution in [2.45, 2.75) is 15.9 Å². The van der Waals surface area contributed by atoms with E-state index in [1.54, 1.807) is 25.2 Å². The van der Waals surface area contributed by atoms with Crippen molar-refractivity contribution < 1.29 is 18.7 Å². The number of hydrogen-bond acceptors (Lipinski definition) is 3. The normalized spacial score (nSPS) is 17.2. The molecule has 1 atom stereocenters. The monoisotopic (exact) mass is 307 g/mol. The number of carbonyl (C=O) groups is 1. The summed E-state index contributed by atoms with van der Waals surface area (Å²) in [4.78, 5) is 14.1. The quantitative estimate of drug-likeness (QED) is 0.926. The summed E-state index contributed by atoms with van der Waals surface area (Å²) in [6.07, 6.45) is -1.15. The predicted molar refractivity (Wildman–Crippen MR) is 75.3 cm³/mol. The molecule has 1 amide bonds. The Bertz CT molecular complexity index is 736. The second-order valence-electron chi connectivity index (χ2n) is 4.70. The maximum absolute atomic E-state index is 13.6. The Hall–Kier alpha value is -1.92. The van der Waals surface area contributed by atoms with Gasteiger partial charge in [-0.15, -0.1) is 0 Å². The number of likely N-dealkylation sites (N-methyl/N-ethyl adjacent to an activating group) is 1. The van der Waals surface area contributed by atoms with Gasteiger partial charge < -0.3 is 10.0 Å². The zero-order valence-corrected chi connectivity index (χ0v) is 11.8. The molecule has 0 aliphatic carbocycles. The van der Waals surface area contributed by atoms with Gasteiger partial charge in [0.2, 0.25) is 0 Å². The highest BCUT2D eigenvalue weighted by molar-refractivity contribution is 7.99. The third-order valence-electron chi connectivity index (χ3n) is 3.34. The molecule has 1 N–H and O–H groups in total. The van der Waals surface area contributed by atoms with E-state index in [0.29, 0.717) is 21.0 Å². The van der Waals surface area contributed by atoms with E-state index in [4.69, 9.17) is 0 Å². The van der Waals surface area contributed by atoms with Crippen LogP contribution in [-0.2, 0) is 4.79 Å². The Morgan fingerprint density at radius 3 is 2.67 bits per heavy atom. The molecule has 3 rings (SSSR count). The highest BCUT2D eigenvalue weighted by Crippen LogP contribution is 2.39. The number of benzene rings is 2. The average molecular weight is 307 g/mol. The second-order valence-corrected chi connectivity index (χ2v) is 5.81. The Labute approximate surface area is 124 Å². The minimum Gasteiger partial charge on any atom is -0.378 e. The molecule has 0 bridgehead atoms. The second kappa shape index (κ2) is 5.13. The van der Waals surface area contributed by atoms with E-state index in [-0.39, 0.29) is 5.91 Å². The molecule has 3 nitrogen and oxygen atoms in total. The molecule has 0 saturated carbocycles. The van der Waals surface area contributed by atoms with E-state index in [2.05, 4.69) is 0 Å². The van der Waals surface area contributed by atoms with Gasteiger partial charge in [0, 0.05) is 28.5 Å². The van der Waals surface area contributed by atoms with E-state index >= 15 is 0 Å². The molecule has 0 fully saturated rings. The molecule has 0 aromatic heterocycles. The van der Waals surface area contributed by atoms with Crippen molar-refractivity contribution in [3.05, 3.63) is 53.6 Å². The van der Waals surface area contributed by atoms with E-state index < -0.39 is 17.7 Å². The molecular formula is C15H11F2NO2S. The fourth-order valence-electron chi connectivity index (χ4n) is 2.23.